The molecule has 1 amide bonds. The van der Waals surface area contributed by atoms with Crippen LogP contribution in [0.3, 0.4) is 0 Å². The van der Waals surface area contributed by atoms with Gasteiger partial charge in [-0.25, -0.2) is 0 Å². The molecule has 1 aromatic heterocycles. The Labute approximate surface area is 166 Å². The van der Waals surface area contributed by atoms with E-state index in [1.54, 1.807) is 36.4 Å². The van der Waals surface area contributed by atoms with E-state index in [0.29, 0.717) is 45.8 Å². The summed E-state index contributed by atoms with van der Waals surface area (Å²) in [5.41, 5.74) is 2.03. The molecule has 8 heteroatoms. The van der Waals surface area contributed by atoms with Crippen LogP contribution in [0.5, 0.6) is 11.5 Å². The van der Waals surface area contributed by atoms with Crippen molar-refractivity contribution in [1.29, 1.82) is 0 Å². The Hall–Kier alpha value is -3.32. The fourth-order valence-electron chi connectivity index (χ4n) is 2.53. The maximum absolute atomic E-state index is 12.3. The molecule has 1 heterocycles. The number of carbonyl (C=O) groups is 1. The molecule has 28 heavy (non-hydrogen) atoms. The first-order valence-electron chi connectivity index (χ1n) is 8.46. The second-order valence-electron chi connectivity index (χ2n) is 5.61. The van der Waals surface area contributed by atoms with E-state index in [-0.39, 0.29) is 5.91 Å². The number of hydrogen-bond acceptors (Lipinski definition) is 6. The Bertz CT molecular complexity index is 987. The maximum atomic E-state index is 12.3. The smallest absolute Gasteiger partial charge is 0.248 e. The van der Waals surface area contributed by atoms with Gasteiger partial charge in [0.25, 0.3) is 0 Å². The summed E-state index contributed by atoms with van der Waals surface area (Å²) in [5.74, 6) is 1.06. The highest BCUT2D eigenvalue weighted by Gasteiger charge is 2.11. The lowest BCUT2D eigenvalue weighted by atomic mass is 10.1. The van der Waals surface area contributed by atoms with Crippen LogP contribution in [0.25, 0.3) is 17.5 Å². The quantitative estimate of drug-likeness (QED) is 0.590. The predicted octanol–water partition coefficient (Wildman–Crippen LogP) is 4.45. The van der Waals surface area contributed by atoms with Crippen LogP contribution in [0, 0.1) is 0 Å². The van der Waals surface area contributed by atoms with E-state index in [4.69, 9.17) is 25.5 Å². The number of nitrogens with zero attached hydrogens (tertiary/aromatic N) is 2. The van der Waals surface area contributed by atoms with Gasteiger partial charge in [-0.05, 0) is 48.9 Å². The van der Waals surface area contributed by atoms with Gasteiger partial charge in [0.1, 0.15) is 0 Å². The molecule has 3 rings (SSSR count). The van der Waals surface area contributed by atoms with Gasteiger partial charge in [0.2, 0.25) is 18.2 Å². The highest BCUT2D eigenvalue weighted by molar-refractivity contribution is 6.32. The van der Waals surface area contributed by atoms with Crippen molar-refractivity contribution in [2.75, 3.05) is 19.0 Å². The van der Waals surface area contributed by atoms with Gasteiger partial charge in [0.15, 0.2) is 11.5 Å². The number of ether oxygens (including phenoxy) is 2. The topological polar surface area (TPSA) is 86.5 Å². The van der Waals surface area contributed by atoms with E-state index in [2.05, 4.69) is 15.5 Å². The van der Waals surface area contributed by atoms with Crippen LogP contribution in [0.15, 0.2) is 53.3 Å². The second kappa shape index (κ2) is 9.05. The molecule has 0 atom stereocenters. The Morgan fingerprint density at radius 2 is 2.18 bits per heavy atom. The number of benzene rings is 2. The lowest BCUT2D eigenvalue weighted by Crippen LogP contribution is -2.07. The molecule has 0 saturated heterocycles. The van der Waals surface area contributed by atoms with Gasteiger partial charge >= 0.3 is 0 Å². The van der Waals surface area contributed by atoms with Crippen LogP contribution in [-0.4, -0.2) is 29.8 Å². The van der Waals surface area contributed by atoms with Crippen LogP contribution >= 0.6 is 11.6 Å². The zero-order chi connectivity index (χ0) is 19.9. The third-order valence-corrected chi connectivity index (χ3v) is 3.98. The third-order valence-electron chi connectivity index (χ3n) is 3.70. The normalized spacial score (nSPS) is 10.8. The van der Waals surface area contributed by atoms with Gasteiger partial charge in [-0.1, -0.05) is 17.7 Å². The molecule has 0 bridgehead atoms. The van der Waals surface area contributed by atoms with Crippen LogP contribution in [0.1, 0.15) is 12.5 Å². The van der Waals surface area contributed by atoms with E-state index >= 15 is 0 Å². The zero-order valence-electron chi connectivity index (χ0n) is 15.3. The van der Waals surface area contributed by atoms with Gasteiger partial charge in [-0.3, -0.25) is 4.79 Å². The van der Waals surface area contributed by atoms with Crippen molar-refractivity contribution in [1.82, 2.24) is 10.2 Å². The van der Waals surface area contributed by atoms with Gasteiger partial charge in [0, 0.05) is 17.3 Å². The average molecular weight is 400 g/mol. The Kier molecular flexibility index (Phi) is 6.29. The number of amides is 1. The van der Waals surface area contributed by atoms with Crippen molar-refractivity contribution in [2.24, 2.45) is 0 Å². The minimum Gasteiger partial charge on any atom is -0.491 e. The van der Waals surface area contributed by atoms with Gasteiger partial charge in [-0.2, -0.15) is 0 Å². The van der Waals surface area contributed by atoms with Crippen LogP contribution in [0.2, 0.25) is 5.02 Å². The van der Waals surface area contributed by atoms with Crippen molar-refractivity contribution in [3.8, 4) is 23.0 Å². The number of carbonyl (C=O) groups excluding carboxylic acids is 1. The van der Waals surface area contributed by atoms with E-state index in [1.165, 1.54) is 19.6 Å². The predicted molar refractivity (Wildman–Crippen MR) is 107 cm³/mol. The van der Waals surface area contributed by atoms with E-state index in [0.717, 1.165) is 0 Å². The first kappa shape index (κ1) is 19.4. The summed E-state index contributed by atoms with van der Waals surface area (Å²) in [6.45, 7) is 2.34. The Morgan fingerprint density at radius 1 is 1.32 bits per heavy atom. The minimum atomic E-state index is -0.299. The molecule has 0 aliphatic carbocycles. The molecule has 0 saturated carbocycles. The number of aromatic nitrogens is 2. The summed E-state index contributed by atoms with van der Waals surface area (Å²) in [7, 11) is 1.52. The lowest BCUT2D eigenvalue weighted by molar-refractivity contribution is -0.111. The fourth-order valence-corrected chi connectivity index (χ4v) is 2.83. The standard InChI is InChI=1S/C20H18ClN3O4/c1-3-27-17-10-13(9-16(21)19(17)26-2)7-8-18(25)23-15-6-4-5-14(11-15)20-24-22-12-28-20/h4-12H,3H2,1-2H3,(H,23,25)/b8-7+. The average Bonchev–Trinajstić information content (AvgIpc) is 3.22. The molecule has 0 unspecified atom stereocenters. The number of anilines is 1. The van der Waals surface area contributed by atoms with Gasteiger partial charge in [-0.15, -0.1) is 10.2 Å². The van der Waals surface area contributed by atoms with Crippen molar-refractivity contribution >= 4 is 29.3 Å². The fraction of sp³-hybridized carbons (Fsp3) is 0.150. The van der Waals surface area contributed by atoms with Crippen molar-refractivity contribution in [3.63, 3.8) is 0 Å². The van der Waals surface area contributed by atoms with E-state index < -0.39 is 0 Å². The van der Waals surface area contributed by atoms with E-state index in [9.17, 15) is 4.79 Å². The molecule has 3 aromatic rings. The number of halogens is 1. The molecule has 0 aliphatic heterocycles. The van der Waals surface area contributed by atoms with Crippen molar-refractivity contribution in [3.05, 3.63) is 59.5 Å². The first-order valence-corrected chi connectivity index (χ1v) is 8.84. The highest BCUT2D eigenvalue weighted by Crippen LogP contribution is 2.36. The number of methoxy groups -OCH3 is 1. The molecular weight excluding hydrogens is 382 g/mol. The molecular formula is C20H18ClN3O4. The van der Waals surface area contributed by atoms with E-state index in [1.807, 2.05) is 13.0 Å². The Balaban J connectivity index is 1.73. The molecule has 0 aliphatic rings. The Morgan fingerprint density at radius 3 is 2.89 bits per heavy atom. The van der Waals surface area contributed by atoms with Gasteiger partial charge in [0.05, 0.1) is 18.7 Å². The largest absolute Gasteiger partial charge is 0.491 e. The highest BCUT2D eigenvalue weighted by atomic mass is 35.5. The summed E-state index contributed by atoms with van der Waals surface area (Å²) in [4.78, 5) is 12.3. The zero-order valence-corrected chi connectivity index (χ0v) is 16.1. The monoisotopic (exact) mass is 399 g/mol. The summed E-state index contributed by atoms with van der Waals surface area (Å²) in [6, 6.07) is 10.6. The number of rotatable bonds is 7. The molecule has 1 N–H and O–H groups in total. The van der Waals surface area contributed by atoms with Crippen LogP contribution < -0.4 is 14.8 Å². The molecule has 2 aromatic carbocycles. The summed E-state index contributed by atoms with van der Waals surface area (Å²) in [5, 5.41) is 10.7. The van der Waals surface area contributed by atoms with Crippen LogP contribution in [-0.2, 0) is 4.79 Å². The first-order chi connectivity index (χ1) is 13.6. The molecule has 144 valence electrons. The molecule has 0 radical (unpaired) electrons. The molecule has 0 spiro atoms. The van der Waals surface area contributed by atoms with Crippen LogP contribution in [0.4, 0.5) is 5.69 Å². The summed E-state index contributed by atoms with van der Waals surface area (Å²) in [6.07, 6.45) is 4.30. The number of hydrogen-bond donors (Lipinski definition) is 1. The second-order valence-corrected chi connectivity index (χ2v) is 6.02. The summed E-state index contributed by atoms with van der Waals surface area (Å²) >= 11 is 6.22. The number of nitrogens with one attached hydrogen (secondary N) is 1. The maximum Gasteiger partial charge on any atom is 0.248 e. The summed E-state index contributed by atoms with van der Waals surface area (Å²) < 4.78 is 16.0. The minimum absolute atomic E-state index is 0.299. The molecule has 0 fully saturated rings. The molecule has 7 nitrogen and oxygen atoms in total. The SMILES string of the molecule is CCOc1cc(/C=C/C(=O)Nc2cccc(-c3nnco3)c2)cc(Cl)c1OC. The lowest BCUT2D eigenvalue weighted by Gasteiger charge is -2.11. The third kappa shape index (κ3) is 4.69. The van der Waals surface area contributed by atoms with Crippen molar-refractivity contribution < 1.29 is 18.7 Å². The van der Waals surface area contributed by atoms with Gasteiger partial charge < -0.3 is 19.2 Å². The van der Waals surface area contributed by atoms with Crippen molar-refractivity contribution in [2.45, 2.75) is 6.92 Å².